The smallest absolute Gasteiger partial charge is 0.405 e. The first-order chi connectivity index (χ1) is 17.2. The molecule has 0 atom stereocenters. The average Bonchev–Trinajstić information content (AvgIpc) is 3.49. The SMILES string of the molecule is COCCn1nc(-c2ccc(C(=O)NCC(F)(F)F)c(OC)c2)nc1Cc1ccc2[nH]ncc2c1C. The van der Waals surface area contributed by atoms with Crippen molar-refractivity contribution in [1.29, 1.82) is 0 Å². The molecule has 0 unspecified atom stereocenters. The first kappa shape index (κ1) is 25.2. The normalized spacial score (nSPS) is 11.7. The Hall–Kier alpha value is -3.93. The molecule has 4 rings (SSSR count). The fourth-order valence-corrected chi connectivity index (χ4v) is 3.84. The highest BCUT2D eigenvalue weighted by atomic mass is 19.4. The van der Waals surface area contributed by atoms with E-state index >= 15 is 0 Å². The van der Waals surface area contributed by atoms with Gasteiger partial charge in [0.05, 0.1) is 37.5 Å². The molecule has 2 heterocycles. The number of hydrogen-bond acceptors (Lipinski definition) is 6. The Bertz CT molecular complexity index is 1380. The number of halogens is 3. The zero-order chi connectivity index (χ0) is 25.9. The minimum atomic E-state index is -4.52. The van der Waals surface area contributed by atoms with E-state index in [1.165, 1.54) is 19.2 Å². The van der Waals surface area contributed by atoms with E-state index in [0.717, 1.165) is 22.0 Å². The lowest BCUT2D eigenvalue weighted by molar-refractivity contribution is -0.123. The Morgan fingerprint density at radius 1 is 1.19 bits per heavy atom. The number of hydrogen-bond donors (Lipinski definition) is 2. The number of fused-ring (bicyclic) bond motifs is 1. The molecule has 0 aliphatic rings. The summed E-state index contributed by atoms with van der Waals surface area (Å²) in [5.74, 6) is 0.325. The molecule has 0 saturated carbocycles. The van der Waals surface area contributed by atoms with Gasteiger partial charge in [0, 0.05) is 24.5 Å². The molecule has 0 saturated heterocycles. The first-order valence-electron chi connectivity index (χ1n) is 11.1. The van der Waals surface area contributed by atoms with Crippen LogP contribution in [0.3, 0.4) is 0 Å². The summed E-state index contributed by atoms with van der Waals surface area (Å²) in [5, 5.41) is 14.6. The van der Waals surface area contributed by atoms with Crippen molar-refractivity contribution >= 4 is 16.8 Å². The molecule has 2 aromatic heterocycles. The minimum absolute atomic E-state index is 0.0198. The van der Waals surface area contributed by atoms with Crippen LogP contribution in [0, 0.1) is 6.92 Å². The fourth-order valence-electron chi connectivity index (χ4n) is 3.84. The second-order valence-corrected chi connectivity index (χ2v) is 8.14. The van der Waals surface area contributed by atoms with E-state index in [4.69, 9.17) is 14.5 Å². The van der Waals surface area contributed by atoms with E-state index in [2.05, 4.69) is 15.3 Å². The first-order valence-corrected chi connectivity index (χ1v) is 11.1. The van der Waals surface area contributed by atoms with Crippen molar-refractivity contribution in [3.8, 4) is 17.1 Å². The number of carbonyl (C=O) groups is 1. The van der Waals surface area contributed by atoms with E-state index in [0.29, 0.717) is 36.8 Å². The van der Waals surface area contributed by atoms with Gasteiger partial charge in [-0.3, -0.25) is 9.89 Å². The molecule has 1 amide bonds. The van der Waals surface area contributed by atoms with Gasteiger partial charge in [-0.1, -0.05) is 12.1 Å². The van der Waals surface area contributed by atoms with Crippen LogP contribution in [-0.2, 0) is 17.7 Å². The number of nitrogens with zero attached hydrogens (tertiary/aromatic N) is 4. The van der Waals surface area contributed by atoms with Gasteiger partial charge in [-0.05, 0) is 36.2 Å². The zero-order valence-electron chi connectivity index (χ0n) is 19.9. The van der Waals surface area contributed by atoms with Gasteiger partial charge >= 0.3 is 6.18 Å². The number of aromatic amines is 1. The molecular formula is C24H25F3N6O3. The van der Waals surface area contributed by atoms with E-state index in [1.807, 2.05) is 24.4 Å². The van der Waals surface area contributed by atoms with Gasteiger partial charge in [0.15, 0.2) is 5.82 Å². The quantitative estimate of drug-likeness (QED) is 0.362. The number of aryl methyl sites for hydroxylation is 1. The van der Waals surface area contributed by atoms with Gasteiger partial charge in [-0.2, -0.15) is 23.4 Å². The number of benzene rings is 2. The highest BCUT2D eigenvalue weighted by molar-refractivity contribution is 5.97. The van der Waals surface area contributed by atoms with Crippen LogP contribution >= 0.6 is 0 Å². The summed E-state index contributed by atoms with van der Waals surface area (Å²) in [4.78, 5) is 17.0. The maximum atomic E-state index is 12.5. The number of H-pyrrole nitrogens is 1. The molecule has 0 fully saturated rings. The van der Waals surface area contributed by atoms with Crippen molar-refractivity contribution in [2.24, 2.45) is 0 Å². The van der Waals surface area contributed by atoms with Gasteiger partial charge in [0.2, 0.25) is 0 Å². The maximum Gasteiger partial charge on any atom is 0.405 e. The molecule has 190 valence electrons. The Balaban J connectivity index is 1.64. The van der Waals surface area contributed by atoms with Crippen molar-refractivity contribution in [2.75, 3.05) is 27.4 Å². The lowest BCUT2D eigenvalue weighted by Gasteiger charge is -2.11. The molecule has 4 aromatic rings. The van der Waals surface area contributed by atoms with Crippen LogP contribution in [0.25, 0.3) is 22.3 Å². The summed E-state index contributed by atoms with van der Waals surface area (Å²) in [6, 6.07) is 8.49. The molecule has 0 spiro atoms. The molecule has 0 bridgehead atoms. The standard InChI is InChI=1S/C24H25F3N6O3/c1-14-15(5-7-19-18(14)12-29-31-19)11-21-30-22(32-33(21)8-9-35-2)16-4-6-17(20(10-16)36-3)23(34)28-13-24(25,26)27/h4-7,10,12H,8-9,11,13H2,1-3H3,(H,28,34)(H,29,31). The molecule has 0 radical (unpaired) electrons. The van der Waals surface area contributed by atoms with Crippen LogP contribution in [0.2, 0.25) is 0 Å². The predicted molar refractivity (Wildman–Crippen MR) is 126 cm³/mol. The molecule has 36 heavy (non-hydrogen) atoms. The van der Waals surface area contributed by atoms with Crippen LogP contribution in [-0.4, -0.2) is 64.4 Å². The third-order valence-electron chi connectivity index (χ3n) is 5.76. The van der Waals surface area contributed by atoms with Crippen molar-refractivity contribution in [2.45, 2.75) is 26.1 Å². The summed E-state index contributed by atoms with van der Waals surface area (Å²) in [5.41, 5.74) is 3.63. The summed E-state index contributed by atoms with van der Waals surface area (Å²) >= 11 is 0. The fraction of sp³-hybridized carbons (Fsp3) is 0.333. The Morgan fingerprint density at radius 3 is 2.72 bits per heavy atom. The number of alkyl halides is 3. The third kappa shape index (κ3) is 5.48. The molecule has 2 aromatic carbocycles. The lowest BCUT2D eigenvalue weighted by atomic mass is 10.0. The van der Waals surface area contributed by atoms with Gasteiger partial charge in [0.25, 0.3) is 5.91 Å². The van der Waals surface area contributed by atoms with Gasteiger partial charge in [-0.25, -0.2) is 9.67 Å². The number of nitrogens with one attached hydrogen (secondary N) is 2. The summed E-state index contributed by atoms with van der Waals surface area (Å²) < 4.78 is 49.7. The number of rotatable bonds is 9. The van der Waals surface area contributed by atoms with E-state index < -0.39 is 18.6 Å². The van der Waals surface area contributed by atoms with Crippen molar-refractivity contribution in [3.63, 3.8) is 0 Å². The maximum absolute atomic E-state index is 12.5. The van der Waals surface area contributed by atoms with E-state index in [-0.39, 0.29) is 11.3 Å². The molecule has 9 nitrogen and oxygen atoms in total. The third-order valence-corrected chi connectivity index (χ3v) is 5.76. The van der Waals surface area contributed by atoms with Gasteiger partial charge < -0.3 is 14.8 Å². The van der Waals surface area contributed by atoms with E-state index in [1.54, 1.807) is 24.1 Å². The number of aromatic nitrogens is 5. The Morgan fingerprint density at radius 2 is 2.00 bits per heavy atom. The number of ether oxygens (including phenoxy) is 2. The second-order valence-electron chi connectivity index (χ2n) is 8.14. The highest BCUT2D eigenvalue weighted by Crippen LogP contribution is 2.27. The highest BCUT2D eigenvalue weighted by Gasteiger charge is 2.28. The molecule has 2 N–H and O–H groups in total. The van der Waals surface area contributed by atoms with Crippen LogP contribution in [0.15, 0.2) is 36.5 Å². The predicted octanol–water partition coefficient (Wildman–Crippen LogP) is 3.67. The van der Waals surface area contributed by atoms with Gasteiger partial charge in [-0.15, -0.1) is 0 Å². The van der Waals surface area contributed by atoms with E-state index in [9.17, 15) is 18.0 Å². The topological polar surface area (TPSA) is 107 Å². The summed E-state index contributed by atoms with van der Waals surface area (Å²) in [7, 11) is 2.94. The van der Waals surface area contributed by atoms with Crippen LogP contribution in [0.4, 0.5) is 13.2 Å². The van der Waals surface area contributed by atoms with Gasteiger partial charge in [0.1, 0.15) is 18.1 Å². The monoisotopic (exact) mass is 502 g/mol. The van der Waals surface area contributed by atoms with Crippen LogP contribution < -0.4 is 10.1 Å². The molecular weight excluding hydrogens is 477 g/mol. The Kier molecular flexibility index (Phi) is 7.25. The van der Waals surface area contributed by atoms with Crippen LogP contribution in [0.1, 0.15) is 27.3 Å². The average molecular weight is 502 g/mol. The van der Waals surface area contributed by atoms with Crippen LogP contribution in [0.5, 0.6) is 5.75 Å². The van der Waals surface area contributed by atoms with Crippen molar-refractivity contribution in [3.05, 3.63) is 59.0 Å². The summed E-state index contributed by atoms with van der Waals surface area (Å²) in [6.07, 6.45) is -2.22. The second kappa shape index (κ2) is 10.4. The van der Waals surface area contributed by atoms with Crippen molar-refractivity contribution in [1.82, 2.24) is 30.3 Å². The Labute approximate surface area is 204 Å². The summed E-state index contributed by atoms with van der Waals surface area (Å²) in [6.45, 7) is 1.49. The lowest BCUT2D eigenvalue weighted by Crippen LogP contribution is -2.33. The zero-order valence-corrected chi connectivity index (χ0v) is 19.9. The number of amides is 1. The number of methoxy groups -OCH3 is 2. The molecule has 0 aliphatic carbocycles. The number of carbonyl (C=O) groups excluding carboxylic acids is 1. The molecule has 0 aliphatic heterocycles. The largest absolute Gasteiger partial charge is 0.496 e. The molecule has 12 heteroatoms. The minimum Gasteiger partial charge on any atom is -0.496 e. The van der Waals surface area contributed by atoms with Crippen molar-refractivity contribution < 1.29 is 27.4 Å².